The van der Waals surface area contributed by atoms with Crippen LogP contribution < -0.4 is 4.74 Å². The van der Waals surface area contributed by atoms with Crippen LogP contribution in [0.15, 0.2) is 57.9 Å². The molecule has 0 saturated carbocycles. The second-order valence-electron chi connectivity index (χ2n) is 8.34. The van der Waals surface area contributed by atoms with E-state index in [4.69, 9.17) is 9.26 Å². The molecule has 0 spiro atoms. The third-order valence-electron chi connectivity index (χ3n) is 5.77. The molecule has 1 fully saturated rings. The summed E-state index contributed by atoms with van der Waals surface area (Å²) in [6, 6.07) is 14.8. The molecule has 8 nitrogen and oxygen atoms in total. The summed E-state index contributed by atoms with van der Waals surface area (Å²) in [5, 5.41) is 4.11. The van der Waals surface area contributed by atoms with Crippen molar-refractivity contribution in [3.8, 4) is 17.1 Å². The predicted molar refractivity (Wildman–Crippen MR) is 125 cm³/mol. The molecule has 1 aliphatic heterocycles. The van der Waals surface area contributed by atoms with Gasteiger partial charge in [0.2, 0.25) is 21.7 Å². The van der Waals surface area contributed by atoms with E-state index < -0.39 is 10.0 Å². The summed E-state index contributed by atoms with van der Waals surface area (Å²) in [6.07, 6.45) is 0. The molecule has 1 aromatic heterocycles. The maximum Gasteiger partial charge on any atom is 0.243 e. The van der Waals surface area contributed by atoms with Gasteiger partial charge in [0.05, 0.1) is 23.6 Å². The van der Waals surface area contributed by atoms with Crippen LogP contribution in [0.2, 0.25) is 0 Å². The van der Waals surface area contributed by atoms with Crippen molar-refractivity contribution in [3.63, 3.8) is 0 Å². The second kappa shape index (κ2) is 10.0. The molecule has 1 aliphatic rings. The summed E-state index contributed by atoms with van der Waals surface area (Å²) in [4.78, 5) is 6.99. The molecular formula is C24H30N4O4S. The van der Waals surface area contributed by atoms with Gasteiger partial charge in [-0.05, 0) is 42.7 Å². The van der Waals surface area contributed by atoms with Crippen LogP contribution >= 0.6 is 0 Å². The van der Waals surface area contributed by atoms with Crippen molar-refractivity contribution in [1.82, 2.24) is 19.3 Å². The van der Waals surface area contributed by atoms with Crippen LogP contribution in [0, 0.1) is 0 Å². The third-order valence-corrected chi connectivity index (χ3v) is 7.68. The van der Waals surface area contributed by atoms with E-state index in [1.54, 1.807) is 16.4 Å². The molecule has 2 aromatic carbocycles. The first-order chi connectivity index (χ1) is 15.9. The van der Waals surface area contributed by atoms with Crippen LogP contribution in [0.1, 0.15) is 38.1 Å². The zero-order valence-electron chi connectivity index (χ0n) is 19.3. The maximum absolute atomic E-state index is 13.0. The van der Waals surface area contributed by atoms with Gasteiger partial charge >= 0.3 is 0 Å². The SMILES string of the molecule is CCOc1ccccc1-c1noc(CN2CCN(S(=O)(=O)c3ccc(C(C)C)cc3)CC2)n1. The molecule has 1 saturated heterocycles. The van der Waals surface area contributed by atoms with Gasteiger partial charge in [0.15, 0.2) is 0 Å². The standard InChI is InChI=1S/C24H30N4O4S/c1-4-31-22-8-6-5-7-21(22)24-25-23(32-26-24)17-27-13-15-28(16-14-27)33(29,30)20-11-9-19(10-12-20)18(2)3/h5-12,18H,4,13-17H2,1-3H3. The van der Waals surface area contributed by atoms with Crippen LogP contribution in [0.3, 0.4) is 0 Å². The van der Waals surface area contributed by atoms with Crippen molar-refractivity contribution in [2.75, 3.05) is 32.8 Å². The zero-order valence-corrected chi connectivity index (χ0v) is 20.1. The Morgan fingerprint density at radius 2 is 1.73 bits per heavy atom. The Labute approximate surface area is 195 Å². The average molecular weight is 471 g/mol. The first kappa shape index (κ1) is 23.4. The number of hydrogen-bond donors (Lipinski definition) is 0. The Balaban J connectivity index is 1.37. The van der Waals surface area contributed by atoms with E-state index in [1.165, 1.54) is 0 Å². The van der Waals surface area contributed by atoms with Gasteiger partial charge < -0.3 is 9.26 Å². The van der Waals surface area contributed by atoms with Gasteiger partial charge in [0, 0.05) is 26.2 Å². The van der Waals surface area contributed by atoms with Crippen molar-refractivity contribution in [2.45, 2.75) is 38.1 Å². The van der Waals surface area contributed by atoms with Crippen LogP contribution in [-0.2, 0) is 16.6 Å². The van der Waals surface area contributed by atoms with E-state index in [1.807, 2.05) is 43.3 Å². The summed E-state index contributed by atoms with van der Waals surface area (Å²) in [6.45, 7) is 9.16. The van der Waals surface area contributed by atoms with E-state index in [9.17, 15) is 8.42 Å². The molecular weight excluding hydrogens is 440 g/mol. The molecule has 176 valence electrons. The Kier molecular flexibility index (Phi) is 7.11. The molecule has 0 unspecified atom stereocenters. The lowest BCUT2D eigenvalue weighted by atomic mass is 10.0. The summed E-state index contributed by atoms with van der Waals surface area (Å²) in [5.74, 6) is 2.06. The number of ether oxygens (including phenoxy) is 1. The Morgan fingerprint density at radius 3 is 2.39 bits per heavy atom. The van der Waals surface area contributed by atoms with Crippen LogP contribution in [0.25, 0.3) is 11.4 Å². The molecule has 9 heteroatoms. The van der Waals surface area contributed by atoms with Gasteiger partial charge in [-0.25, -0.2) is 8.42 Å². The van der Waals surface area contributed by atoms with Gasteiger partial charge in [-0.3, -0.25) is 4.90 Å². The summed E-state index contributed by atoms with van der Waals surface area (Å²) < 4.78 is 38.7. The van der Waals surface area contributed by atoms with Crippen molar-refractivity contribution >= 4 is 10.0 Å². The van der Waals surface area contributed by atoms with Gasteiger partial charge in [-0.1, -0.05) is 43.3 Å². The number of rotatable bonds is 8. The topological polar surface area (TPSA) is 88.8 Å². The fourth-order valence-electron chi connectivity index (χ4n) is 3.85. The minimum absolute atomic E-state index is 0.342. The molecule has 0 amide bonds. The highest BCUT2D eigenvalue weighted by Crippen LogP contribution is 2.28. The number of benzene rings is 2. The van der Waals surface area contributed by atoms with Gasteiger partial charge in [-0.2, -0.15) is 9.29 Å². The van der Waals surface area contributed by atoms with E-state index in [0.717, 1.165) is 11.1 Å². The Hall–Kier alpha value is -2.75. The number of piperazine rings is 1. The maximum atomic E-state index is 13.0. The summed E-state index contributed by atoms with van der Waals surface area (Å²) in [7, 11) is -3.50. The smallest absolute Gasteiger partial charge is 0.243 e. The Bertz CT molecular complexity index is 1170. The average Bonchev–Trinajstić information content (AvgIpc) is 3.28. The van der Waals surface area contributed by atoms with E-state index in [-0.39, 0.29) is 0 Å². The number of nitrogens with zero attached hydrogens (tertiary/aromatic N) is 4. The predicted octanol–water partition coefficient (Wildman–Crippen LogP) is 3.77. The highest BCUT2D eigenvalue weighted by molar-refractivity contribution is 7.89. The number of sulfonamides is 1. The molecule has 0 N–H and O–H groups in total. The normalized spacial score (nSPS) is 15.8. The van der Waals surface area contributed by atoms with E-state index >= 15 is 0 Å². The fourth-order valence-corrected chi connectivity index (χ4v) is 5.28. The summed E-state index contributed by atoms with van der Waals surface area (Å²) >= 11 is 0. The van der Waals surface area contributed by atoms with E-state index in [2.05, 4.69) is 28.9 Å². The molecule has 0 radical (unpaired) electrons. The largest absolute Gasteiger partial charge is 0.493 e. The molecule has 0 atom stereocenters. The molecule has 0 bridgehead atoms. The highest BCUT2D eigenvalue weighted by Gasteiger charge is 2.29. The van der Waals surface area contributed by atoms with Crippen molar-refractivity contribution in [2.24, 2.45) is 0 Å². The van der Waals surface area contributed by atoms with Crippen molar-refractivity contribution < 1.29 is 17.7 Å². The third kappa shape index (κ3) is 5.26. The second-order valence-corrected chi connectivity index (χ2v) is 10.3. The molecule has 4 rings (SSSR count). The minimum atomic E-state index is -3.50. The minimum Gasteiger partial charge on any atom is -0.493 e. The number of para-hydroxylation sites is 1. The fraction of sp³-hybridized carbons (Fsp3) is 0.417. The van der Waals surface area contributed by atoms with E-state index in [0.29, 0.717) is 67.6 Å². The number of aromatic nitrogens is 2. The van der Waals surface area contributed by atoms with Crippen molar-refractivity contribution in [1.29, 1.82) is 0 Å². The first-order valence-electron chi connectivity index (χ1n) is 11.3. The number of hydrogen-bond acceptors (Lipinski definition) is 7. The molecule has 3 aromatic rings. The quantitative estimate of drug-likeness (QED) is 0.495. The molecule has 33 heavy (non-hydrogen) atoms. The van der Waals surface area contributed by atoms with Crippen LogP contribution in [0.5, 0.6) is 5.75 Å². The Morgan fingerprint density at radius 1 is 1.03 bits per heavy atom. The van der Waals surface area contributed by atoms with Gasteiger partial charge in [0.1, 0.15) is 5.75 Å². The lowest BCUT2D eigenvalue weighted by molar-refractivity contribution is 0.163. The highest BCUT2D eigenvalue weighted by atomic mass is 32.2. The first-order valence-corrected chi connectivity index (χ1v) is 12.7. The van der Waals surface area contributed by atoms with Crippen molar-refractivity contribution in [3.05, 3.63) is 60.0 Å². The summed E-state index contributed by atoms with van der Waals surface area (Å²) in [5.41, 5.74) is 1.91. The molecule has 0 aliphatic carbocycles. The lowest BCUT2D eigenvalue weighted by Crippen LogP contribution is -2.48. The van der Waals surface area contributed by atoms with Gasteiger partial charge in [-0.15, -0.1) is 0 Å². The van der Waals surface area contributed by atoms with Crippen LogP contribution in [0.4, 0.5) is 0 Å². The zero-order chi connectivity index (χ0) is 23.4. The molecule has 2 heterocycles. The van der Waals surface area contributed by atoms with Gasteiger partial charge in [0.25, 0.3) is 0 Å². The van der Waals surface area contributed by atoms with Crippen LogP contribution in [-0.4, -0.2) is 60.5 Å². The monoisotopic (exact) mass is 470 g/mol. The lowest BCUT2D eigenvalue weighted by Gasteiger charge is -2.33.